The van der Waals surface area contributed by atoms with E-state index in [0.717, 1.165) is 6.07 Å². The average Bonchev–Trinajstić information content (AvgIpc) is 2.36. The van der Waals surface area contributed by atoms with E-state index in [1.54, 1.807) is 0 Å². The van der Waals surface area contributed by atoms with Crippen LogP contribution in [0, 0.1) is 10.1 Å². The smallest absolute Gasteiger partial charge is 0.319 e. The summed E-state index contributed by atoms with van der Waals surface area (Å²) in [6, 6.07) is 3.29. The number of aliphatic carboxylic acids is 1. The second-order valence-corrected chi connectivity index (χ2v) is 4.21. The minimum Gasteiger partial charge on any atom is -0.481 e. The highest BCUT2D eigenvalue weighted by atomic mass is 35.5. The first-order valence-electron chi connectivity index (χ1n) is 5.60. The number of nitrogens with one attached hydrogen (secondary N) is 2. The molecule has 2 amide bonds. The van der Waals surface area contributed by atoms with E-state index in [-0.39, 0.29) is 29.4 Å². The lowest BCUT2D eigenvalue weighted by Gasteiger charge is -2.07. The van der Waals surface area contributed by atoms with Gasteiger partial charge in [0.05, 0.1) is 4.92 Å². The molecule has 3 N–H and O–H groups in total. The van der Waals surface area contributed by atoms with Crippen molar-refractivity contribution in [1.29, 1.82) is 0 Å². The number of carboxylic acids is 1. The normalized spacial score (nSPS) is 9.85. The quantitative estimate of drug-likeness (QED) is 0.422. The summed E-state index contributed by atoms with van der Waals surface area (Å²) in [7, 11) is 0. The van der Waals surface area contributed by atoms with E-state index >= 15 is 0 Å². The number of nitro groups is 1. The summed E-state index contributed by atoms with van der Waals surface area (Å²) in [5.74, 6) is -0.944. The molecular weight excluding hydrogens is 290 g/mol. The van der Waals surface area contributed by atoms with Crippen molar-refractivity contribution >= 4 is 35.0 Å². The molecule has 20 heavy (non-hydrogen) atoms. The topological polar surface area (TPSA) is 122 Å². The fraction of sp³-hybridized carbons (Fsp3) is 0.273. The van der Waals surface area contributed by atoms with E-state index in [1.165, 1.54) is 12.1 Å². The molecule has 0 radical (unpaired) electrons. The molecule has 0 spiro atoms. The van der Waals surface area contributed by atoms with Gasteiger partial charge in [0, 0.05) is 24.7 Å². The molecule has 0 saturated carbocycles. The number of urea groups is 1. The third-order valence-electron chi connectivity index (χ3n) is 2.25. The number of hydrogen-bond donors (Lipinski definition) is 3. The molecular formula is C11H12ClN3O5. The molecule has 0 fully saturated rings. The zero-order chi connectivity index (χ0) is 15.1. The van der Waals surface area contributed by atoms with E-state index < -0.39 is 16.9 Å². The third kappa shape index (κ3) is 5.11. The number of nitrogens with zero attached hydrogens (tertiary/aromatic N) is 1. The molecule has 0 heterocycles. The summed E-state index contributed by atoms with van der Waals surface area (Å²) in [5, 5.41) is 23.9. The van der Waals surface area contributed by atoms with Crippen LogP contribution in [0.1, 0.15) is 12.8 Å². The largest absolute Gasteiger partial charge is 0.481 e. The van der Waals surface area contributed by atoms with Gasteiger partial charge in [0.2, 0.25) is 0 Å². The summed E-state index contributed by atoms with van der Waals surface area (Å²) in [5.41, 5.74) is -0.0906. The van der Waals surface area contributed by atoms with Crippen LogP contribution in [0.3, 0.4) is 0 Å². The fourth-order valence-corrected chi connectivity index (χ4v) is 1.53. The molecule has 8 nitrogen and oxygen atoms in total. The second kappa shape index (κ2) is 7.29. The van der Waals surface area contributed by atoms with Gasteiger partial charge in [-0.3, -0.25) is 14.9 Å². The van der Waals surface area contributed by atoms with Gasteiger partial charge in [-0.2, -0.15) is 0 Å². The van der Waals surface area contributed by atoms with Crippen molar-refractivity contribution in [2.45, 2.75) is 12.8 Å². The van der Waals surface area contributed by atoms with Crippen molar-refractivity contribution in [3.8, 4) is 0 Å². The van der Waals surface area contributed by atoms with Crippen molar-refractivity contribution in [2.75, 3.05) is 11.9 Å². The molecule has 1 aromatic carbocycles. The first kappa shape index (κ1) is 15.7. The molecule has 0 unspecified atom stereocenters. The SMILES string of the molecule is O=C(O)CCCNC(=O)Nc1ccc(Cl)c([N+](=O)[O-])c1. The summed E-state index contributed by atoms with van der Waals surface area (Å²) in [4.78, 5) is 31.7. The summed E-state index contributed by atoms with van der Waals surface area (Å²) >= 11 is 5.63. The Morgan fingerprint density at radius 2 is 2.10 bits per heavy atom. The van der Waals surface area contributed by atoms with Crippen LogP contribution in [0.15, 0.2) is 18.2 Å². The van der Waals surface area contributed by atoms with E-state index in [4.69, 9.17) is 16.7 Å². The lowest BCUT2D eigenvalue weighted by Crippen LogP contribution is -2.29. The van der Waals surface area contributed by atoms with Crippen molar-refractivity contribution in [1.82, 2.24) is 5.32 Å². The maximum Gasteiger partial charge on any atom is 0.319 e. The Balaban J connectivity index is 2.52. The van der Waals surface area contributed by atoms with E-state index in [9.17, 15) is 19.7 Å². The number of benzene rings is 1. The number of carboxylic acid groups (broad SMARTS) is 1. The van der Waals surface area contributed by atoms with Crippen LogP contribution in [0.5, 0.6) is 0 Å². The Morgan fingerprint density at radius 3 is 2.70 bits per heavy atom. The zero-order valence-electron chi connectivity index (χ0n) is 10.3. The molecule has 0 aromatic heterocycles. The van der Waals surface area contributed by atoms with Crippen LogP contribution in [-0.4, -0.2) is 28.6 Å². The highest BCUT2D eigenvalue weighted by Gasteiger charge is 2.13. The van der Waals surface area contributed by atoms with Crippen LogP contribution in [0.2, 0.25) is 5.02 Å². The van der Waals surface area contributed by atoms with E-state index in [2.05, 4.69) is 10.6 Å². The Labute approximate surface area is 118 Å². The standard InChI is InChI=1S/C11H12ClN3O5/c12-8-4-3-7(6-9(8)15(19)20)14-11(18)13-5-1-2-10(16)17/h3-4,6H,1-2,5H2,(H,16,17)(H2,13,14,18). The Hall–Kier alpha value is -2.35. The Kier molecular flexibility index (Phi) is 5.73. The van der Waals surface area contributed by atoms with Crippen molar-refractivity contribution in [2.24, 2.45) is 0 Å². The van der Waals surface area contributed by atoms with E-state index in [0.29, 0.717) is 6.42 Å². The summed E-state index contributed by atoms with van der Waals surface area (Å²) in [6.45, 7) is 0.188. The summed E-state index contributed by atoms with van der Waals surface area (Å²) < 4.78 is 0. The number of halogens is 1. The molecule has 0 atom stereocenters. The molecule has 108 valence electrons. The molecule has 0 aliphatic heterocycles. The predicted octanol–water partition coefficient (Wildman–Crippen LogP) is 2.23. The highest BCUT2D eigenvalue weighted by Crippen LogP contribution is 2.27. The monoisotopic (exact) mass is 301 g/mol. The molecule has 0 aliphatic rings. The number of rotatable bonds is 6. The van der Waals surface area contributed by atoms with E-state index in [1.807, 2.05) is 0 Å². The van der Waals surface area contributed by atoms with Crippen molar-refractivity contribution in [3.05, 3.63) is 33.3 Å². The lowest BCUT2D eigenvalue weighted by atomic mass is 10.3. The number of carbonyl (C=O) groups is 2. The number of hydrogen-bond acceptors (Lipinski definition) is 4. The maximum atomic E-state index is 11.5. The minimum absolute atomic E-state index is 0.0255. The minimum atomic E-state index is -0.944. The predicted molar refractivity (Wildman–Crippen MR) is 72.0 cm³/mol. The van der Waals surface area contributed by atoms with Gasteiger partial charge in [-0.1, -0.05) is 11.6 Å². The van der Waals surface area contributed by atoms with Crippen molar-refractivity contribution in [3.63, 3.8) is 0 Å². The van der Waals surface area contributed by atoms with Crippen LogP contribution in [0.4, 0.5) is 16.2 Å². The highest BCUT2D eigenvalue weighted by molar-refractivity contribution is 6.32. The molecule has 0 bridgehead atoms. The number of anilines is 1. The van der Waals surface area contributed by atoms with Gasteiger partial charge in [-0.25, -0.2) is 4.79 Å². The Morgan fingerprint density at radius 1 is 1.40 bits per heavy atom. The lowest BCUT2D eigenvalue weighted by molar-refractivity contribution is -0.384. The van der Waals surface area contributed by atoms with Crippen LogP contribution in [-0.2, 0) is 4.79 Å². The maximum absolute atomic E-state index is 11.5. The van der Waals surface area contributed by atoms with Gasteiger partial charge in [0.1, 0.15) is 5.02 Å². The van der Waals surface area contributed by atoms with Gasteiger partial charge in [-0.15, -0.1) is 0 Å². The van der Waals surface area contributed by atoms with Gasteiger partial charge in [-0.05, 0) is 18.6 Å². The third-order valence-corrected chi connectivity index (χ3v) is 2.57. The molecule has 9 heteroatoms. The number of amides is 2. The number of carbonyl (C=O) groups excluding carboxylic acids is 1. The first-order valence-corrected chi connectivity index (χ1v) is 5.98. The molecule has 1 aromatic rings. The van der Waals surface area contributed by atoms with Crippen LogP contribution in [0.25, 0.3) is 0 Å². The van der Waals surface area contributed by atoms with Crippen LogP contribution >= 0.6 is 11.6 Å². The first-order chi connectivity index (χ1) is 9.40. The van der Waals surface area contributed by atoms with Gasteiger partial charge in [0.25, 0.3) is 5.69 Å². The fourth-order valence-electron chi connectivity index (χ4n) is 1.35. The van der Waals surface area contributed by atoms with Gasteiger partial charge in [0.15, 0.2) is 0 Å². The Bertz CT molecular complexity index is 535. The van der Waals surface area contributed by atoms with Crippen molar-refractivity contribution < 1.29 is 19.6 Å². The molecule has 1 rings (SSSR count). The van der Waals surface area contributed by atoms with Gasteiger partial charge >= 0.3 is 12.0 Å². The number of nitro benzene ring substituents is 1. The van der Waals surface area contributed by atoms with Gasteiger partial charge < -0.3 is 15.7 Å². The zero-order valence-corrected chi connectivity index (χ0v) is 11.0. The second-order valence-electron chi connectivity index (χ2n) is 3.80. The average molecular weight is 302 g/mol. The molecule has 0 aliphatic carbocycles. The summed E-state index contributed by atoms with van der Waals surface area (Å²) in [6.07, 6.45) is 0.246. The molecule has 0 saturated heterocycles. The van der Waals surface area contributed by atoms with Crippen LogP contribution < -0.4 is 10.6 Å².